The summed E-state index contributed by atoms with van der Waals surface area (Å²) in [6, 6.07) is 6.48. The third-order valence-electron chi connectivity index (χ3n) is 4.38. The highest BCUT2D eigenvalue weighted by Crippen LogP contribution is 2.25. The Kier molecular flexibility index (Phi) is 4.51. The molecule has 0 saturated carbocycles. The molecule has 1 saturated heterocycles. The van der Waals surface area contributed by atoms with Crippen molar-refractivity contribution in [3.05, 3.63) is 29.6 Å². The van der Waals surface area contributed by atoms with Crippen molar-refractivity contribution < 1.29 is 0 Å². The molecule has 1 fully saturated rings. The third-order valence-corrected chi connectivity index (χ3v) is 4.57. The van der Waals surface area contributed by atoms with Crippen molar-refractivity contribution >= 4 is 22.6 Å². The first kappa shape index (κ1) is 14.9. The Morgan fingerprint density at radius 2 is 1.95 bits per heavy atom. The summed E-state index contributed by atoms with van der Waals surface area (Å²) >= 11 is 6.34. The fourth-order valence-corrected chi connectivity index (χ4v) is 3.39. The highest BCUT2D eigenvalue weighted by atomic mass is 35.5. The van der Waals surface area contributed by atoms with Crippen LogP contribution in [0.25, 0.3) is 11.0 Å². The van der Waals surface area contributed by atoms with Gasteiger partial charge in [0.25, 0.3) is 0 Å². The first-order chi connectivity index (χ1) is 10.1. The van der Waals surface area contributed by atoms with Gasteiger partial charge in [-0.25, -0.2) is 4.98 Å². The fraction of sp³-hybridized carbons (Fsp3) is 0.588. The maximum Gasteiger partial charge on any atom is 0.127 e. The van der Waals surface area contributed by atoms with Gasteiger partial charge in [-0.05, 0) is 57.5 Å². The summed E-state index contributed by atoms with van der Waals surface area (Å²) < 4.78 is 2.31. The Morgan fingerprint density at radius 3 is 2.67 bits per heavy atom. The van der Waals surface area contributed by atoms with Crippen molar-refractivity contribution in [1.29, 1.82) is 0 Å². The number of nitrogens with zero attached hydrogens (tertiary/aromatic N) is 3. The van der Waals surface area contributed by atoms with Crippen LogP contribution in [0.4, 0.5) is 0 Å². The van der Waals surface area contributed by atoms with Gasteiger partial charge in [-0.3, -0.25) is 0 Å². The number of aryl methyl sites for hydroxylation is 1. The molecule has 0 bridgehead atoms. The van der Waals surface area contributed by atoms with E-state index in [1.165, 1.54) is 43.4 Å². The van der Waals surface area contributed by atoms with Gasteiger partial charge in [0.1, 0.15) is 5.82 Å². The molecule has 2 aromatic rings. The van der Waals surface area contributed by atoms with Crippen LogP contribution in [-0.2, 0) is 6.54 Å². The SMILES string of the molecule is Cc1ccc2c(c1)nc(C(C)Cl)n2CCN1CCCCC1. The second kappa shape index (κ2) is 6.37. The molecule has 1 aromatic carbocycles. The summed E-state index contributed by atoms with van der Waals surface area (Å²) in [5, 5.41) is -0.0564. The molecule has 21 heavy (non-hydrogen) atoms. The molecule has 0 aliphatic carbocycles. The average molecular weight is 306 g/mol. The molecule has 2 heterocycles. The molecule has 0 amide bonds. The number of aromatic nitrogens is 2. The minimum atomic E-state index is -0.0564. The van der Waals surface area contributed by atoms with Crippen LogP contribution in [0.5, 0.6) is 0 Å². The normalized spacial score (nSPS) is 18.2. The molecule has 1 aliphatic heterocycles. The standard InChI is InChI=1S/C17H24ClN3/c1-13-6-7-16-15(12-13)19-17(14(2)18)21(16)11-10-20-8-4-3-5-9-20/h6-7,12,14H,3-5,8-11H2,1-2H3. The largest absolute Gasteiger partial charge is 0.325 e. The number of rotatable bonds is 4. The Balaban J connectivity index is 1.86. The van der Waals surface area contributed by atoms with Crippen molar-refractivity contribution in [3.8, 4) is 0 Å². The first-order valence-corrected chi connectivity index (χ1v) is 8.42. The van der Waals surface area contributed by atoms with E-state index in [0.29, 0.717) is 0 Å². The second-order valence-corrected chi connectivity index (χ2v) is 6.79. The summed E-state index contributed by atoms with van der Waals surface area (Å²) in [5.41, 5.74) is 3.52. The van der Waals surface area contributed by atoms with Crippen LogP contribution in [0, 0.1) is 6.92 Å². The molecule has 1 atom stereocenters. The minimum absolute atomic E-state index is 0.0564. The van der Waals surface area contributed by atoms with E-state index >= 15 is 0 Å². The number of piperidine rings is 1. The predicted octanol–water partition coefficient (Wildman–Crippen LogP) is 4.13. The molecule has 1 aromatic heterocycles. The highest BCUT2D eigenvalue weighted by molar-refractivity contribution is 6.20. The van der Waals surface area contributed by atoms with Crippen LogP contribution in [0.15, 0.2) is 18.2 Å². The van der Waals surface area contributed by atoms with Gasteiger partial charge in [-0.2, -0.15) is 0 Å². The molecular weight excluding hydrogens is 282 g/mol. The molecule has 0 N–H and O–H groups in total. The number of halogens is 1. The molecular formula is C17H24ClN3. The topological polar surface area (TPSA) is 21.1 Å². The Hall–Kier alpha value is -1.06. The number of hydrogen-bond donors (Lipinski definition) is 0. The maximum atomic E-state index is 6.34. The highest BCUT2D eigenvalue weighted by Gasteiger charge is 2.16. The number of hydrogen-bond acceptors (Lipinski definition) is 2. The Labute approximate surface area is 131 Å². The Morgan fingerprint density at radius 1 is 1.19 bits per heavy atom. The van der Waals surface area contributed by atoms with Crippen molar-refractivity contribution in [2.24, 2.45) is 0 Å². The van der Waals surface area contributed by atoms with Gasteiger partial charge in [0.05, 0.1) is 16.4 Å². The van der Waals surface area contributed by atoms with E-state index < -0.39 is 0 Å². The second-order valence-electron chi connectivity index (χ2n) is 6.13. The monoisotopic (exact) mass is 305 g/mol. The lowest BCUT2D eigenvalue weighted by molar-refractivity contribution is 0.221. The van der Waals surface area contributed by atoms with Crippen LogP contribution in [0.2, 0.25) is 0 Å². The zero-order valence-electron chi connectivity index (χ0n) is 13.0. The smallest absolute Gasteiger partial charge is 0.127 e. The zero-order chi connectivity index (χ0) is 14.8. The van der Waals surface area contributed by atoms with E-state index in [1.807, 2.05) is 6.92 Å². The van der Waals surface area contributed by atoms with Crippen molar-refractivity contribution in [2.45, 2.75) is 45.0 Å². The van der Waals surface area contributed by atoms with Crippen molar-refractivity contribution in [2.75, 3.05) is 19.6 Å². The van der Waals surface area contributed by atoms with Gasteiger partial charge in [-0.15, -0.1) is 11.6 Å². The Bertz CT molecular complexity index is 612. The average Bonchev–Trinajstić information content (AvgIpc) is 2.84. The molecule has 0 radical (unpaired) electrons. The summed E-state index contributed by atoms with van der Waals surface area (Å²) in [7, 11) is 0. The van der Waals surface area contributed by atoms with E-state index in [9.17, 15) is 0 Å². The lowest BCUT2D eigenvalue weighted by atomic mass is 10.1. The lowest BCUT2D eigenvalue weighted by Crippen LogP contribution is -2.32. The van der Waals surface area contributed by atoms with Crippen LogP contribution < -0.4 is 0 Å². The summed E-state index contributed by atoms with van der Waals surface area (Å²) in [4.78, 5) is 7.31. The molecule has 3 nitrogen and oxygen atoms in total. The molecule has 4 heteroatoms. The van der Waals surface area contributed by atoms with Crippen LogP contribution in [-0.4, -0.2) is 34.1 Å². The van der Waals surface area contributed by atoms with E-state index in [-0.39, 0.29) is 5.38 Å². The number of fused-ring (bicyclic) bond motifs is 1. The van der Waals surface area contributed by atoms with E-state index in [0.717, 1.165) is 24.4 Å². The summed E-state index contributed by atoms with van der Waals surface area (Å²) in [6.45, 7) is 8.65. The van der Waals surface area contributed by atoms with Gasteiger partial charge in [0.2, 0.25) is 0 Å². The number of benzene rings is 1. The molecule has 3 rings (SSSR count). The third kappa shape index (κ3) is 3.24. The van der Waals surface area contributed by atoms with Gasteiger partial charge < -0.3 is 9.47 Å². The maximum absolute atomic E-state index is 6.34. The van der Waals surface area contributed by atoms with E-state index in [1.54, 1.807) is 0 Å². The zero-order valence-corrected chi connectivity index (χ0v) is 13.7. The van der Waals surface area contributed by atoms with Crippen molar-refractivity contribution in [1.82, 2.24) is 14.5 Å². The van der Waals surface area contributed by atoms with E-state index in [4.69, 9.17) is 16.6 Å². The number of alkyl halides is 1. The van der Waals surface area contributed by atoms with Gasteiger partial charge >= 0.3 is 0 Å². The molecule has 1 aliphatic rings. The van der Waals surface area contributed by atoms with Crippen molar-refractivity contribution in [3.63, 3.8) is 0 Å². The van der Waals surface area contributed by atoms with Crippen LogP contribution >= 0.6 is 11.6 Å². The van der Waals surface area contributed by atoms with Crippen LogP contribution in [0.3, 0.4) is 0 Å². The first-order valence-electron chi connectivity index (χ1n) is 7.98. The van der Waals surface area contributed by atoms with E-state index in [2.05, 4.69) is 34.6 Å². The summed E-state index contributed by atoms with van der Waals surface area (Å²) in [6.07, 6.45) is 4.05. The lowest BCUT2D eigenvalue weighted by Gasteiger charge is -2.27. The molecule has 0 spiro atoms. The van der Waals surface area contributed by atoms with Crippen LogP contribution in [0.1, 0.15) is 43.0 Å². The summed E-state index contributed by atoms with van der Waals surface area (Å²) in [5.74, 6) is 0.995. The minimum Gasteiger partial charge on any atom is -0.325 e. The van der Waals surface area contributed by atoms with Gasteiger partial charge in [0.15, 0.2) is 0 Å². The van der Waals surface area contributed by atoms with Gasteiger partial charge in [0, 0.05) is 13.1 Å². The number of imidazole rings is 1. The fourth-order valence-electron chi connectivity index (χ4n) is 3.22. The number of likely N-dealkylation sites (tertiary alicyclic amines) is 1. The quantitative estimate of drug-likeness (QED) is 0.792. The molecule has 1 unspecified atom stereocenters. The molecule has 114 valence electrons. The predicted molar refractivity (Wildman–Crippen MR) is 89.0 cm³/mol. The van der Waals surface area contributed by atoms with Gasteiger partial charge in [-0.1, -0.05) is 12.5 Å².